The van der Waals surface area contributed by atoms with Crippen molar-refractivity contribution in [1.29, 1.82) is 0 Å². The van der Waals surface area contributed by atoms with Gasteiger partial charge in [0.2, 0.25) is 0 Å². The topological polar surface area (TPSA) is 74.6 Å². The Kier molecular flexibility index (Phi) is 8.81. The molecule has 0 bridgehead atoms. The molecule has 0 unspecified atom stereocenters. The quantitative estimate of drug-likeness (QED) is 0.173. The van der Waals surface area contributed by atoms with Crippen molar-refractivity contribution in [3.8, 4) is 34.2 Å². The smallest absolute Gasteiger partial charge is 0.180 e. The van der Waals surface area contributed by atoms with Crippen LogP contribution in [0.3, 0.4) is 0 Å². The van der Waals surface area contributed by atoms with Crippen molar-refractivity contribution in [3.63, 3.8) is 0 Å². The van der Waals surface area contributed by atoms with E-state index in [1.807, 2.05) is 60.4 Å². The van der Waals surface area contributed by atoms with Gasteiger partial charge in [-0.3, -0.25) is 9.97 Å². The van der Waals surface area contributed by atoms with E-state index in [0.717, 1.165) is 39.4 Å². The summed E-state index contributed by atoms with van der Waals surface area (Å²) in [6, 6.07) is 30.4. The minimum atomic E-state index is 0. The SMILES string of the molecule is Cc1cccc(C)c1-n1cnc(-c2[c-]cccc2)n1.Cc1nc2cc(-c3nccn3-c3c(C)cccc3C)[c-]cc2o1.[Ir]. The Bertz CT molecular complexity index is 1960. The number of aromatic nitrogens is 6. The zero-order chi connectivity index (χ0) is 29.2. The summed E-state index contributed by atoms with van der Waals surface area (Å²) in [6.07, 6.45) is 5.55. The van der Waals surface area contributed by atoms with Crippen molar-refractivity contribution in [2.75, 3.05) is 0 Å². The molecule has 0 atom stereocenters. The first kappa shape index (κ1) is 29.8. The van der Waals surface area contributed by atoms with Crippen LogP contribution in [0.5, 0.6) is 0 Å². The van der Waals surface area contributed by atoms with Crippen molar-refractivity contribution in [2.45, 2.75) is 34.6 Å². The molecule has 0 spiro atoms. The van der Waals surface area contributed by atoms with Gasteiger partial charge in [-0.2, -0.15) is 5.10 Å². The maximum atomic E-state index is 5.52. The fourth-order valence-corrected chi connectivity index (χ4v) is 5.18. The van der Waals surface area contributed by atoms with E-state index >= 15 is 0 Å². The van der Waals surface area contributed by atoms with Crippen molar-refractivity contribution in [2.24, 2.45) is 0 Å². The van der Waals surface area contributed by atoms with Gasteiger partial charge in [0.1, 0.15) is 6.33 Å². The van der Waals surface area contributed by atoms with Crippen LogP contribution in [0.2, 0.25) is 0 Å². The fraction of sp³-hybridized carbons (Fsp3) is 0.143. The van der Waals surface area contributed by atoms with Crippen LogP contribution < -0.4 is 0 Å². The Balaban J connectivity index is 0.000000170. The maximum absolute atomic E-state index is 5.52. The van der Waals surface area contributed by atoms with Gasteiger partial charge in [-0.05, 0) is 49.9 Å². The van der Waals surface area contributed by atoms with E-state index in [1.54, 1.807) is 6.33 Å². The molecule has 0 aliphatic rings. The van der Waals surface area contributed by atoms with E-state index in [4.69, 9.17) is 4.42 Å². The van der Waals surface area contributed by atoms with Gasteiger partial charge in [0.05, 0.1) is 22.9 Å². The average molecular weight is 743 g/mol. The van der Waals surface area contributed by atoms with Crippen LogP contribution in [-0.2, 0) is 20.1 Å². The Hall–Kier alpha value is -4.65. The summed E-state index contributed by atoms with van der Waals surface area (Å²) in [5.74, 6) is 2.21. The largest absolute Gasteiger partial charge is 0.488 e. The Morgan fingerprint density at radius 1 is 0.744 bits per heavy atom. The van der Waals surface area contributed by atoms with Gasteiger partial charge in [0, 0.05) is 50.6 Å². The molecule has 0 fully saturated rings. The molecule has 0 N–H and O–H groups in total. The normalized spacial score (nSPS) is 10.7. The molecule has 7 aromatic rings. The van der Waals surface area contributed by atoms with Crippen LogP contribution in [0, 0.1) is 46.8 Å². The van der Waals surface area contributed by atoms with Crippen LogP contribution in [0.4, 0.5) is 0 Å². The predicted molar refractivity (Wildman–Crippen MR) is 165 cm³/mol. The molecule has 0 amide bonds. The number of aryl methyl sites for hydroxylation is 5. The first-order valence-electron chi connectivity index (χ1n) is 13.7. The molecular formula is C35H30IrN6O-2. The van der Waals surface area contributed by atoms with Crippen LogP contribution in [0.15, 0.2) is 95.9 Å². The second-order valence-corrected chi connectivity index (χ2v) is 10.2. The van der Waals surface area contributed by atoms with Crippen molar-refractivity contribution < 1.29 is 24.5 Å². The number of imidazole rings is 1. The number of nitrogens with zero attached hydrogens (tertiary/aromatic N) is 6. The van der Waals surface area contributed by atoms with E-state index in [2.05, 4.69) is 101 Å². The zero-order valence-corrected chi connectivity index (χ0v) is 27.0. The molecule has 3 aromatic heterocycles. The number of para-hydroxylation sites is 2. The molecule has 7 nitrogen and oxygen atoms in total. The maximum Gasteiger partial charge on any atom is 0.180 e. The second-order valence-electron chi connectivity index (χ2n) is 10.2. The molecule has 0 saturated heterocycles. The number of hydrogen-bond acceptors (Lipinski definition) is 5. The summed E-state index contributed by atoms with van der Waals surface area (Å²) < 4.78 is 9.46. The van der Waals surface area contributed by atoms with Gasteiger partial charge >= 0.3 is 0 Å². The number of rotatable bonds is 4. The van der Waals surface area contributed by atoms with Crippen LogP contribution >= 0.6 is 0 Å². The average Bonchev–Trinajstić information content (AvgIpc) is 3.73. The first-order chi connectivity index (χ1) is 20.4. The van der Waals surface area contributed by atoms with Gasteiger partial charge in [-0.25, -0.2) is 9.67 Å². The summed E-state index contributed by atoms with van der Waals surface area (Å²) >= 11 is 0. The Labute approximate surface area is 264 Å². The third-order valence-electron chi connectivity index (χ3n) is 7.10. The fourth-order valence-electron chi connectivity index (χ4n) is 5.18. The minimum Gasteiger partial charge on any atom is -0.488 e. The molecular weight excluding hydrogens is 713 g/mol. The molecule has 43 heavy (non-hydrogen) atoms. The number of benzene rings is 4. The third-order valence-corrected chi connectivity index (χ3v) is 7.10. The summed E-state index contributed by atoms with van der Waals surface area (Å²) in [6.45, 7) is 10.2. The molecule has 0 aliphatic carbocycles. The first-order valence-corrected chi connectivity index (χ1v) is 13.7. The van der Waals surface area contributed by atoms with Gasteiger partial charge in [-0.15, -0.1) is 59.7 Å². The van der Waals surface area contributed by atoms with Gasteiger partial charge < -0.3 is 8.98 Å². The minimum absolute atomic E-state index is 0. The predicted octanol–water partition coefficient (Wildman–Crippen LogP) is 7.75. The summed E-state index contributed by atoms with van der Waals surface area (Å²) in [4.78, 5) is 13.3. The monoisotopic (exact) mass is 743 g/mol. The van der Waals surface area contributed by atoms with Gasteiger partial charge in [-0.1, -0.05) is 36.4 Å². The summed E-state index contributed by atoms with van der Waals surface area (Å²) in [5, 5.41) is 4.55. The van der Waals surface area contributed by atoms with Gasteiger partial charge in [0.15, 0.2) is 5.89 Å². The van der Waals surface area contributed by atoms with Crippen molar-refractivity contribution in [3.05, 3.63) is 132 Å². The number of hydrogen-bond donors (Lipinski definition) is 0. The van der Waals surface area contributed by atoms with E-state index < -0.39 is 0 Å². The van der Waals surface area contributed by atoms with Crippen LogP contribution in [0.25, 0.3) is 45.3 Å². The third kappa shape index (κ3) is 6.12. The van der Waals surface area contributed by atoms with Crippen molar-refractivity contribution in [1.82, 2.24) is 29.3 Å². The van der Waals surface area contributed by atoms with Crippen molar-refractivity contribution >= 4 is 11.1 Å². The molecule has 1 radical (unpaired) electrons. The molecule has 7 rings (SSSR count). The zero-order valence-electron chi connectivity index (χ0n) is 24.6. The molecule has 0 saturated carbocycles. The van der Waals surface area contributed by atoms with Crippen LogP contribution in [0.1, 0.15) is 28.1 Å². The van der Waals surface area contributed by atoms with Crippen LogP contribution in [-0.4, -0.2) is 29.3 Å². The Morgan fingerprint density at radius 3 is 2.12 bits per heavy atom. The number of oxazole rings is 1. The molecule has 4 aromatic carbocycles. The molecule has 3 heterocycles. The second kappa shape index (κ2) is 12.7. The molecule has 217 valence electrons. The summed E-state index contributed by atoms with van der Waals surface area (Å²) in [5.41, 5.74) is 10.4. The van der Waals surface area contributed by atoms with E-state index in [-0.39, 0.29) is 20.1 Å². The van der Waals surface area contributed by atoms with E-state index in [1.165, 1.54) is 22.3 Å². The van der Waals surface area contributed by atoms with E-state index in [0.29, 0.717) is 11.7 Å². The Morgan fingerprint density at radius 2 is 1.44 bits per heavy atom. The molecule has 8 heteroatoms. The number of fused-ring (bicyclic) bond motifs is 1. The van der Waals surface area contributed by atoms with E-state index in [9.17, 15) is 0 Å². The molecule has 0 aliphatic heterocycles. The standard InChI is InChI=1S/C19H16N3O.C16H14N3.Ir/c1-12-5-4-6-13(2)18(12)22-10-9-20-19(22)15-7-8-17-16(11-15)21-14(3)23-17;1-12-7-6-8-13(2)15(12)19-11-17-16(18-19)14-9-4-3-5-10-14;/h4-6,8-11H,1-3H3;3-9,11H,1-2H3;/q2*-1;. The summed E-state index contributed by atoms with van der Waals surface area (Å²) in [7, 11) is 0. The van der Waals surface area contributed by atoms with Gasteiger partial charge in [0.25, 0.3) is 0 Å².